The highest BCUT2D eigenvalue weighted by Crippen LogP contribution is 2.46. The van der Waals surface area contributed by atoms with Gasteiger partial charge in [-0.3, -0.25) is 4.57 Å². The number of nitriles is 1. The molecule has 1 aliphatic rings. The second-order valence-corrected chi connectivity index (χ2v) is 4.76. The van der Waals surface area contributed by atoms with Crippen molar-refractivity contribution in [1.29, 1.82) is 5.26 Å². The average Bonchev–Trinajstić information content (AvgIpc) is 2.64. The lowest BCUT2D eigenvalue weighted by Crippen LogP contribution is -2.38. The Labute approximate surface area is 114 Å². The summed E-state index contributed by atoms with van der Waals surface area (Å²) < 4.78 is 6.44. The van der Waals surface area contributed by atoms with Crippen molar-refractivity contribution in [3.8, 4) is 6.07 Å². The third-order valence-corrected chi connectivity index (χ3v) is 3.27. The summed E-state index contributed by atoms with van der Waals surface area (Å²) in [5, 5.41) is 28.9. The zero-order valence-corrected chi connectivity index (χ0v) is 10.9. The van der Waals surface area contributed by atoms with Gasteiger partial charge in [-0.05, 0) is 19.9 Å². The normalized spacial score (nSPS) is 31.5. The average molecular weight is 278 g/mol. The highest BCUT2D eigenvalue weighted by molar-refractivity contribution is 5.26. The van der Waals surface area contributed by atoms with E-state index in [1.165, 1.54) is 26.1 Å². The van der Waals surface area contributed by atoms with Gasteiger partial charge in [0.2, 0.25) is 6.23 Å². The second kappa shape index (κ2) is 4.54. The molecule has 8 nitrogen and oxygen atoms in total. The van der Waals surface area contributed by atoms with E-state index in [4.69, 9.17) is 10.5 Å². The summed E-state index contributed by atoms with van der Waals surface area (Å²) in [6, 6.07) is 3.30. The van der Waals surface area contributed by atoms with Gasteiger partial charge in [-0.2, -0.15) is 10.2 Å². The number of aliphatic hydroxyl groups excluding tert-OH is 2. The van der Waals surface area contributed by atoms with Crippen molar-refractivity contribution in [2.45, 2.75) is 26.2 Å². The molecule has 1 unspecified atom stereocenters. The van der Waals surface area contributed by atoms with E-state index in [-0.39, 0.29) is 17.3 Å². The van der Waals surface area contributed by atoms with Gasteiger partial charge in [-0.1, -0.05) is 0 Å². The highest BCUT2D eigenvalue weighted by Gasteiger charge is 2.54. The highest BCUT2D eigenvalue weighted by atomic mass is 16.5. The van der Waals surface area contributed by atoms with E-state index in [1.54, 1.807) is 0 Å². The Bertz CT molecular complexity index is 671. The van der Waals surface area contributed by atoms with Gasteiger partial charge in [0.15, 0.2) is 5.76 Å². The molecule has 0 spiro atoms. The SMILES string of the molecule is C/C(O)=C1\OC(n2ccc(N)nc2=O)[C@](C)(C#N)[C@@H]1O. The van der Waals surface area contributed by atoms with Gasteiger partial charge in [-0.15, -0.1) is 0 Å². The van der Waals surface area contributed by atoms with E-state index in [9.17, 15) is 20.3 Å². The molecule has 1 aromatic heterocycles. The molecule has 0 amide bonds. The van der Waals surface area contributed by atoms with Gasteiger partial charge in [-0.25, -0.2) is 4.79 Å². The van der Waals surface area contributed by atoms with Crippen LogP contribution in [0.3, 0.4) is 0 Å². The second-order valence-electron chi connectivity index (χ2n) is 4.76. The minimum atomic E-state index is -1.44. The summed E-state index contributed by atoms with van der Waals surface area (Å²) in [4.78, 5) is 15.4. The monoisotopic (exact) mass is 278 g/mol. The summed E-state index contributed by atoms with van der Waals surface area (Å²) in [7, 11) is 0. The number of aliphatic hydroxyl groups is 2. The minimum Gasteiger partial charge on any atom is -0.509 e. The van der Waals surface area contributed by atoms with E-state index in [0.29, 0.717) is 0 Å². The molecular weight excluding hydrogens is 264 g/mol. The molecule has 0 saturated carbocycles. The molecule has 106 valence electrons. The van der Waals surface area contributed by atoms with E-state index in [1.807, 2.05) is 6.07 Å². The van der Waals surface area contributed by atoms with Crippen LogP contribution in [-0.4, -0.2) is 25.9 Å². The van der Waals surface area contributed by atoms with Crippen molar-refractivity contribution in [3.05, 3.63) is 34.3 Å². The zero-order chi connectivity index (χ0) is 15.1. The molecule has 0 radical (unpaired) electrons. The number of hydrogen-bond donors (Lipinski definition) is 3. The van der Waals surface area contributed by atoms with E-state index in [2.05, 4.69) is 4.98 Å². The molecule has 1 aromatic rings. The number of nitrogen functional groups attached to an aromatic ring is 1. The summed E-state index contributed by atoms with van der Waals surface area (Å²) in [5.41, 5.74) is 3.25. The number of nitrogens with zero attached hydrogens (tertiary/aromatic N) is 3. The van der Waals surface area contributed by atoms with Gasteiger partial charge in [0.05, 0.1) is 6.07 Å². The van der Waals surface area contributed by atoms with Gasteiger partial charge in [0.1, 0.15) is 23.1 Å². The number of ether oxygens (including phenoxy) is 1. The maximum Gasteiger partial charge on any atom is 0.352 e. The van der Waals surface area contributed by atoms with Crippen LogP contribution in [0, 0.1) is 16.7 Å². The van der Waals surface area contributed by atoms with Crippen LogP contribution in [0.4, 0.5) is 5.82 Å². The lowest BCUT2D eigenvalue weighted by Gasteiger charge is -2.24. The van der Waals surface area contributed by atoms with Crippen LogP contribution in [-0.2, 0) is 4.74 Å². The number of hydrogen-bond acceptors (Lipinski definition) is 7. The molecule has 0 aromatic carbocycles. The first-order chi connectivity index (χ1) is 9.31. The predicted molar refractivity (Wildman–Crippen MR) is 68.1 cm³/mol. The number of rotatable bonds is 1. The zero-order valence-electron chi connectivity index (χ0n) is 10.9. The molecule has 3 atom stereocenters. The van der Waals surface area contributed by atoms with Crippen LogP contribution < -0.4 is 11.4 Å². The summed E-state index contributed by atoms with van der Waals surface area (Å²) in [6.45, 7) is 2.75. The van der Waals surface area contributed by atoms with Gasteiger partial charge < -0.3 is 20.7 Å². The Morgan fingerprint density at radius 2 is 2.35 bits per heavy atom. The fourth-order valence-electron chi connectivity index (χ4n) is 2.06. The first kappa shape index (κ1) is 13.9. The Kier molecular flexibility index (Phi) is 3.15. The Morgan fingerprint density at radius 3 is 2.85 bits per heavy atom. The topological polar surface area (TPSA) is 134 Å². The molecule has 1 saturated heterocycles. The largest absolute Gasteiger partial charge is 0.509 e. The standard InChI is InChI=1S/C12H14N4O4/c1-6(17)8-9(18)12(2,5-13)10(20-8)16-4-3-7(14)15-11(16)19/h3-4,9-10,17-18H,1-2H3,(H2,14,15,19)/b8-6+/t9-,10?,12-/m1/s1. The molecule has 4 N–H and O–H groups in total. The van der Waals surface area contributed by atoms with Crippen LogP contribution in [0.15, 0.2) is 28.6 Å². The van der Waals surface area contributed by atoms with Crippen molar-refractivity contribution in [3.63, 3.8) is 0 Å². The first-order valence-electron chi connectivity index (χ1n) is 5.81. The molecule has 2 rings (SSSR count). The first-order valence-corrected chi connectivity index (χ1v) is 5.81. The molecule has 1 fully saturated rings. The molecule has 20 heavy (non-hydrogen) atoms. The Morgan fingerprint density at radius 1 is 1.70 bits per heavy atom. The van der Waals surface area contributed by atoms with Crippen LogP contribution >= 0.6 is 0 Å². The fraction of sp³-hybridized carbons (Fsp3) is 0.417. The van der Waals surface area contributed by atoms with E-state index >= 15 is 0 Å². The van der Waals surface area contributed by atoms with Crippen molar-refractivity contribution in [2.75, 3.05) is 5.73 Å². The maximum atomic E-state index is 11.8. The molecule has 0 aliphatic carbocycles. The van der Waals surface area contributed by atoms with Crippen LogP contribution in [0.25, 0.3) is 0 Å². The van der Waals surface area contributed by atoms with Gasteiger partial charge >= 0.3 is 5.69 Å². The number of allylic oxidation sites excluding steroid dienone is 1. The van der Waals surface area contributed by atoms with Crippen molar-refractivity contribution < 1.29 is 14.9 Å². The lowest BCUT2D eigenvalue weighted by atomic mass is 9.85. The Balaban J connectivity index is 2.59. The number of aromatic nitrogens is 2. The summed E-state index contributed by atoms with van der Waals surface area (Å²) >= 11 is 0. The van der Waals surface area contributed by atoms with E-state index < -0.39 is 23.4 Å². The van der Waals surface area contributed by atoms with Gasteiger partial charge in [0.25, 0.3) is 0 Å². The number of anilines is 1. The smallest absolute Gasteiger partial charge is 0.352 e. The van der Waals surface area contributed by atoms with Crippen LogP contribution in [0.1, 0.15) is 20.1 Å². The molecular formula is C12H14N4O4. The molecule has 1 aliphatic heterocycles. The van der Waals surface area contributed by atoms with E-state index in [0.717, 1.165) is 4.57 Å². The summed E-state index contributed by atoms with van der Waals surface area (Å²) in [5.74, 6) is -0.349. The summed E-state index contributed by atoms with van der Waals surface area (Å²) in [6.07, 6.45) is -1.14. The van der Waals surface area contributed by atoms with Crippen molar-refractivity contribution >= 4 is 5.82 Å². The van der Waals surface area contributed by atoms with Crippen molar-refractivity contribution in [1.82, 2.24) is 9.55 Å². The molecule has 8 heteroatoms. The molecule has 2 heterocycles. The quantitative estimate of drug-likeness (QED) is 0.617. The minimum absolute atomic E-state index is 0.0394. The van der Waals surface area contributed by atoms with Crippen LogP contribution in [0.2, 0.25) is 0 Å². The third kappa shape index (κ3) is 1.88. The Hall–Kier alpha value is -2.53. The third-order valence-electron chi connectivity index (χ3n) is 3.27. The van der Waals surface area contributed by atoms with Crippen LogP contribution in [0.5, 0.6) is 0 Å². The maximum absolute atomic E-state index is 11.8. The molecule has 0 bridgehead atoms. The predicted octanol–water partition coefficient (Wildman–Crippen LogP) is 0.0346. The fourth-order valence-corrected chi connectivity index (χ4v) is 2.06. The number of nitrogens with two attached hydrogens (primary N) is 1. The van der Waals surface area contributed by atoms with Gasteiger partial charge in [0, 0.05) is 6.20 Å². The lowest BCUT2D eigenvalue weighted by molar-refractivity contribution is 0.0254. The van der Waals surface area contributed by atoms with Crippen molar-refractivity contribution in [2.24, 2.45) is 5.41 Å².